The summed E-state index contributed by atoms with van der Waals surface area (Å²) in [4.78, 5) is 32.8. The van der Waals surface area contributed by atoms with Crippen molar-refractivity contribution in [2.75, 3.05) is 11.4 Å². The Kier molecular flexibility index (Phi) is 5.00. The molecule has 5 nitrogen and oxygen atoms in total. The average Bonchev–Trinajstić information content (AvgIpc) is 3.15. The van der Waals surface area contributed by atoms with Gasteiger partial charge in [0.2, 0.25) is 6.17 Å². The molecule has 5 rings (SSSR count). The summed E-state index contributed by atoms with van der Waals surface area (Å²) in [6, 6.07) is 20.2. The van der Waals surface area contributed by atoms with Crippen molar-refractivity contribution in [1.82, 2.24) is 5.32 Å². The molecule has 1 N–H and O–H groups in total. The van der Waals surface area contributed by atoms with E-state index in [-0.39, 0.29) is 11.5 Å². The Bertz CT molecular complexity index is 1220. The Morgan fingerprint density at radius 2 is 1.74 bits per heavy atom. The van der Waals surface area contributed by atoms with Crippen molar-refractivity contribution in [3.8, 4) is 0 Å². The Morgan fingerprint density at radius 3 is 2.48 bits per heavy atom. The van der Waals surface area contributed by atoms with Gasteiger partial charge in [0, 0.05) is 33.3 Å². The zero-order valence-electron chi connectivity index (χ0n) is 16.3. The van der Waals surface area contributed by atoms with Crippen molar-refractivity contribution in [3.63, 3.8) is 0 Å². The summed E-state index contributed by atoms with van der Waals surface area (Å²) in [5, 5.41) is 3.45. The molecule has 0 saturated heterocycles. The Morgan fingerprint density at radius 1 is 1.00 bits per heavy atom. The molecule has 3 aromatic carbocycles. The number of para-hydroxylation sites is 1. The standard InChI is InChI=1S/C24H17Cl2N3O2/c25-17-11-16(12-18(26)13-17)23(30)28-22-24(31)29-10-9-15-7-4-8-19(21(15)29)20(27-22)14-5-2-1-3-6-14/h1-8,11-13,22H,9-10H2,(H,28,30)/t22-/m0/s1. The van der Waals surface area contributed by atoms with E-state index in [9.17, 15) is 9.59 Å². The normalized spacial score (nSPS) is 17.1. The number of carbonyl (C=O) groups is 2. The highest BCUT2D eigenvalue weighted by molar-refractivity contribution is 6.35. The van der Waals surface area contributed by atoms with Crippen LogP contribution in [0, 0.1) is 0 Å². The maximum absolute atomic E-state index is 13.4. The number of hydrogen-bond donors (Lipinski definition) is 1. The van der Waals surface area contributed by atoms with Gasteiger partial charge in [0.1, 0.15) is 0 Å². The molecular formula is C24H17Cl2N3O2. The van der Waals surface area contributed by atoms with E-state index in [4.69, 9.17) is 28.2 Å². The number of halogens is 2. The molecule has 1 atom stereocenters. The van der Waals surface area contributed by atoms with Crippen molar-refractivity contribution in [2.24, 2.45) is 4.99 Å². The molecule has 0 saturated carbocycles. The van der Waals surface area contributed by atoms with Gasteiger partial charge in [0.05, 0.1) is 11.4 Å². The Hall–Kier alpha value is -3.15. The zero-order valence-corrected chi connectivity index (χ0v) is 17.8. The molecule has 0 aromatic heterocycles. The molecule has 0 radical (unpaired) electrons. The third-order valence-corrected chi connectivity index (χ3v) is 5.88. The van der Waals surface area contributed by atoms with Crippen LogP contribution in [0.2, 0.25) is 10.0 Å². The molecule has 0 bridgehead atoms. The van der Waals surface area contributed by atoms with E-state index in [0.29, 0.717) is 22.3 Å². The van der Waals surface area contributed by atoms with Crippen LogP contribution in [0.5, 0.6) is 0 Å². The summed E-state index contributed by atoms with van der Waals surface area (Å²) < 4.78 is 0. The van der Waals surface area contributed by atoms with Gasteiger partial charge in [-0.05, 0) is 30.2 Å². The first-order chi connectivity index (χ1) is 15.0. The summed E-state index contributed by atoms with van der Waals surface area (Å²) in [7, 11) is 0. The van der Waals surface area contributed by atoms with Crippen molar-refractivity contribution in [1.29, 1.82) is 0 Å². The number of carbonyl (C=O) groups excluding carboxylic acids is 2. The van der Waals surface area contributed by atoms with Crippen LogP contribution in [0.15, 0.2) is 71.7 Å². The number of rotatable bonds is 3. The van der Waals surface area contributed by atoms with E-state index in [1.807, 2.05) is 48.5 Å². The minimum atomic E-state index is -1.07. The number of hydrogen-bond acceptors (Lipinski definition) is 3. The maximum Gasteiger partial charge on any atom is 0.272 e. The number of aliphatic imine (C=N–C) groups is 1. The summed E-state index contributed by atoms with van der Waals surface area (Å²) in [6.45, 7) is 0.554. The molecule has 7 heteroatoms. The van der Waals surface area contributed by atoms with Crippen LogP contribution in [-0.4, -0.2) is 30.2 Å². The van der Waals surface area contributed by atoms with E-state index in [2.05, 4.69) is 5.32 Å². The molecule has 2 aliphatic heterocycles. The largest absolute Gasteiger partial charge is 0.322 e. The van der Waals surface area contributed by atoms with Crippen LogP contribution in [0.1, 0.15) is 27.0 Å². The van der Waals surface area contributed by atoms with Gasteiger partial charge in [0.25, 0.3) is 11.8 Å². The first-order valence-corrected chi connectivity index (χ1v) is 10.6. The van der Waals surface area contributed by atoms with E-state index in [0.717, 1.165) is 28.8 Å². The van der Waals surface area contributed by atoms with Crippen LogP contribution < -0.4 is 10.2 Å². The SMILES string of the molecule is O=C(N[C@@H]1N=C(c2ccccc2)c2cccc3c2N(CC3)C1=O)c1cc(Cl)cc(Cl)c1. The molecular weight excluding hydrogens is 433 g/mol. The van der Waals surface area contributed by atoms with Gasteiger partial charge in [-0.15, -0.1) is 0 Å². The zero-order chi connectivity index (χ0) is 21.5. The van der Waals surface area contributed by atoms with Crippen molar-refractivity contribution < 1.29 is 9.59 Å². The van der Waals surface area contributed by atoms with Crippen LogP contribution in [-0.2, 0) is 11.2 Å². The predicted molar refractivity (Wildman–Crippen MR) is 122 cm³/mol. The van der Waals surface area contributed by atoms with E-state index < -0.39 is 12.1 Å². The molecule has 3 aromatic rings. The molecule has 31 heavy (non-hydrogen) atoms. The number of nitrogens with one attached hydrogen (secondary N) is 1. The van der Waals surface area contributed by atoms with Crippen LogP contribution in [0.25, 0.3) is 0 Å². The quantitative estimate of drug-likeness (QED) is 0.639. The molecule has 154 valence electrons. The summed E-state index contributed by atoms with van der Waals surface area (Å²) in [6.07, 6.45) is -0.305. The minimum Gasteiger partial charge on any atom is -0.322 e. The summed E-state index contributed by atoms with van der Waals surface area (Å²) in [5.74, 6) is -0.733. The molecule has 0 spiro atoms. The second-order valence-electron chi connectivity index (χ2n) is 7.43. The topological polar surface area (TPSA) is 61.8 Å². The van der Waals surface area contributed by atoms with Gasteiger partial charge in [-0.25, -0.2) is 4.99 Å². The monoisotopic (exact) mass is 449 g/mol. The van der Waals surface area contributed by atoms with E-state index in [1.165, 1.54) is 12.1 Å². The van der Waals surface area contributed by atoms with Crippen LogP contribution >= 0.6 is 23.2 Å². The Labute approximate surface area is 189 Å². The lowest BCUT2D eigenvalue weighted by Crippen LogP contribution is -2.47. The molecule has 0 fully saturated rings. The Balaban J connectivity index is 1.60. The molecule has 0 aliphatic carbocycles. The third-order valence-electron chi connectivity index (χ3n) is 5.45. The number of anilines is 1. The molecule has 0 unspecified atom stereocenters. The fourth-order valence-corrected chi connectivity index (χ4v) is 4.61. The summed E-state index contributed by atoms with van der Waals surface area (Å²) >= 11 is 12.1. The van der Waals surface area contributed by atoms with E-state index >= 15 is 0 Å². The van der Waals surface area contributed by atoms with E-state index in [1.54, 1.807) is 11.0 Å². The van der Waals surface area contributed by atoms with Crippen LogP contribution in [0.3, 0.4) is 0 Å². The van der Waals surface area contributed by atoms with Gasteiger partial charge in [-0.1, -0.05) is 71.7 Å². The van der Waals surface area contributed by atoms with Crippen molar-refractivity contribution >= 4 is 46.4 Å². The highest BCUT2D eigenvalue weighted by atomic mass is 35.5. The second kappa shape index (κ2) is 7.84. The predicted octanol–water partition coefficient (Wildman–Crippen LogP) is 4.49. The number of amides is 2. The lowest BCUT2D eigenvalue weighted by Gasteiger charge is -2.21. The van der Waals surface area contributed by atoms with Gasteiger partial charge >= 0.3 is 0 Å². The maximum atomic E-state index is 13.4. The second-order valence-corrected chi connectivity index (χ2v) is 8.30. The molecule has 2 heterocycles. The van der Waals surface area contributed by atoms with Gasteiger partial charge in [-0.2, -0.15) is 0 Å². The van der Waals surface area contributed by atoms with Gasteiger partial charge in [-0.3, -0.25) is 9.59 Å². The third kappa shape index (κ3) is 3.60. The van der Waals surface area contributed by atoms with Crippen molar-refractivity contribution in [2.45, 2.75) is 12.6 Å². The molecule has 2 amide bonds. The highest BCUT2D eigenvalue weighted by Gasteiger charge is 2.37. The summed E-state index contributed by atoms with van der Waals surface area (Å²) in [5.41, 5.74) is 4.68. The fraction of sp³-hybridized carbons (Fsp3) is 0.125. The lowest BCUT2D eigenvalue weighted by atomic mass is 9.98. The minimum absolute atomic E-state index is 0.265. The van der Waals surface area contributed by atoms with Gasteiger partial charge in [0.15, 0.2) is 0 Å². The fourth-order valence-electron chi connectivity index (χ4n) is 4.08. The van der Waals surface area contributed by atoms with Crippen molar-refractivity contribution in [3.05, 3.63) is 99.0 Å². The number of nitrogens with zero attached hydrogens (tertiary/aromatic N) is 2. The van der Waals surface area contributed by atoms with Gasteiger partial charge < -0.3 is 10.2 Å². The first-order valence-electron chi connectivity index (χ1n) is 9.85. The lowest BCUT2D eigenvalue weighted by molar-refractivity contribution is -0.120. The molecule has 2 aliphatic rings. The average molecular weight is 450 g/mol. The number of benzene rings is 3. The smallest absolute Gasteiger partial charge is 0.272 e. The van der Waals surface area contributed by atoms with Crippen LogP contribution in [0.4, 0.5) is 5.69 Å². The highest BCUT2D eigenvalue weighted by Crippen LogP contribution is 2.36. The first kappa shape index (κ1) is 19.8.